The zero-order valence-corrected chi connectivity index (χ0v) is 16.5. The van der Waals surface area contributed by atoms with Gasteiger partial charge in [0.05, 0.1) is 11.6 Å². The minimum Gasteiger partial charge on any atom is -0.444 e. The van der Waals surface area contributed by atoms with Crippen LogP contribution in [-0.2, 0) is 22.3 Å². The Labute approximate surface area is 169 Å². The standard InChI is InChI=1S/C19H22F6N2O3/c1-18(2,3)30-17(29)26-13-6-7-14(15(21)22)27(16(13)28)9-10-8-11(19(23,24)25)4-5-12(10)20/h4-5,8,13-15H,6-7,9H2,1-3H3,(H,26,29)/t13-,14+/m1/s1. The molecule has 1 saturated heterocycles. The second-order valence-corrected chi connectivity index (χ2v) is 7.95. The fourth-order valence-electron chi connectivity index (χ4n) is 3.08. The minimum atomic E-state index is -4.77. The fourth-order valence-corrected chi connectivity index (χ4v) is 3.08. The van der Waals surface area contributed by atoms with Crippen LogP contribution < -0.4 is 5.32 Å². The number of ether oxygens (including phenoxy) is 1. The SMILES string of the molecule is CC(C)(C)OC(=O)N[C@@H]1CC[C@@H](C(F)F)N(Cc2cc(C(F)(F)F)ccc2F)C1=O. The van der Waals surface area contributed by atoms with Crippen molar-refractivity contribution in [2.75, 3.05) is 0 Å². The molecule has 2 amide bonds. The summed E-state index contributed by atoms with van der Waals surface area (Å²) in [6.07, 6.45) is -9.05. The van der Waals surface area contributed by atoms with Crippen LogP contribution in [0.15, 0.2) is 18.2 Å². The predicted octanol–water partition coefficient (Wildman–Crippen LogP) is 4.49. The monoisotopic (exact) mass is 440 g/mol. The lowest BCUT2D eigenvalue weighted by atomic mass is 9.96. The Morgan fingerprint density at radius 1 is 1.23 bits per heavy atom. The molecule has 1 heterocycles. The van der Waals surface area contributed by atoms with Crippen LogP contribution in [0.2, 0.25) is 0 Å². The van der Waals surface area contributed by atoms with E-state index in [1.807, 2.05) is 0 Å². The van der Waals surface area contributed by atoms with Crippen LogP contribution in [0.5, 0.6) is 0 Å². The zero-order chi connectivity index (χ0) is 22.9. The summed E-state index contributed by atoms with van der Waals surface area (Å²) in [4.78, 5) is 25.2. The zero-order valence-electron chi connectivity index (χ0n) is 16.5. The van der Waals surface area contributed by atoms with Gasteiger partial charge in [0.25, 0.3) is 6.43 Å². The van der Waals surface area contributed by atoms with Gasteiger partial charge < -0.3 is 15.0 Å². The first kappa shape index (κ1) is 23.8. The molecule has 1 N–H and O–H groups in total. The molecule has 5 nitrogen and oxygen atoms in total. The van der Waals surface area contributed by atoms with Gasteiger partial charge in [-0.15, -0.1) is 0 Å². The number of alkyl halides is 5. The first-order chi connectivity index (χ1) is 13.7. The second-order valence-electron chi connectivity index (χ2n) is 7.95. The lowest BCUT2D eigenvalue weighted by molar-refractivity contribution is -0.145. The van der Waals surface area contributed by atoms with E-state index in [9.17, 15) is 35.9 Å². The molecule has 168 valence electrons. The van der Waals surface area contributed by atoms with Crippen LogP contribution in [0.4, 0.5) is 31.1 Å². The van der Waals surface area contributed by atoms with Gasteiger partial charge in [0.15, 0.2) is 0 Å². The van der Waals surface area contributed by atoms with Crippen molar-refractivity contribution in [2.45, 2.75) is 70.4 Å². The highest BCUT2D eigenvalue weighted by molar-refractivity contribution is 5.86. The van der Waals surface area contributed by atoms with Crippen molar-refractivity contribution < 1.29 is 40.7 Å². The Kier molecular flexibility index (Phi) is 6.93. The molecule has 0 unspecified atom stereocenters. The summed E-state index contributed by atoms with van der Waals surface area (Å²) in [6.45, 7) is 3.97. The van der Waals surface area contributed by atoms with Crippen LogP contribution in [0.25, 0.3) is 0 Å². The topological polar surface area (TPSA) is 58.6 Å². The second kappa shape index (κ2) is 8.73. The molecule has 1 aromatic rings. The van der Waals surface area contributed by atoms with Crippen molar-refractivity contribution in [1.82, 2.24) is 10.2 Å². The molecule has 2 rings (SSSR count). The third-order valence-corrected chi connectivity index (χ3v) is 4.43. The number of rotatable bonds is 4. The lowest BCUT2D eigenvalue weighted by Crippen LogP contribution is -2.58. The minimum absolute atomic E-state index is 0.116. The lowest BCUT2D eigenvalue weighted by Gasteiger charge is -2.39. The maximum atomic E-state index is 14.1. The van der Waals surface area contributed by atoms with Gasteiger partial charge in [-0.25, -0.2) is 18.0 Å². The number of alkyl carbamates (subject to hydrolysis) is 1. The van der Waals surface area contributed by atoms with Gasteiger partial charge in [-0.05, 0) is 51.8 Å². The summed E-state index contributed by atoms with van der Waals surface area (Å²) in [7, 11) is 0. The number of carbonyl (C=O) groups is 2. The van der Waals surface area contributed by atoms with Crippen molar-refractivity contribution in [3.05, 3.63) is 35.1 Å². The highest BCUT2D eigenvalue weighted by Gasteiger charge is 2.41. The molecular formula is C19H22F6N2O3. The summed E-state index contributed by atoms with van der Waals surface area (Å²) in [6, 6.07) is -1.27. The van der Waals surface area contributed by atoms with E-state index >= 15 is 0 Å². The largest absolute Gasteiger partial charge is 0.444 e. The fraction of sp³-hybridized carbons (Fsp3) is 0.579. The average Bonchev–Trinajstić information content (AvgIpc) is 2.57. The van der Waals surface area contributed by atoms with Crippen molar-refractivity contribution in [3.8, 4) is 0 Å². The number of benzene rings is 1. The molecule has 1 aliphatic heterocycles. The number of amides is 2. The van der Waals surface area contributed by atoms with Gasteiger partial charge in [-0.2, -0.15) is 13.2 Å². The van der Waals surface area contributed by atoms with Crippen molar-refractivity contribution in [2.24, 2.45) is 0 Å². The van der Waals surface area contributed by atoms with Gasteiger partial charge in [-0.1, -0.05) is 0 Å². The molecule has 0 spiro atoms. The van der Waals surface area contributed by atoms with E-state index in [1.165, 1.54) is 0 Å². The summed E-state index contributed by atoms with van der Waals surface area (Å²) in [5.41, 5.74) is -2.59. The van der Waals surface area contributed by atoms with E-state index < -0.39 is 65.8 Å². The number of hydrogen-bond donors (Lipinski definition) is 1. The van der Waals surface area contributed by atoms with E-state index in [4.69, 9.17) is 4.74 Å². The van der Waals surface area contributed by atoms with Gasteiger partial charge in [0.1, 0.15) is 17.5 Å². The molecule has 1 fully saturated rings. The molecule has 0 bridgehead atoms. The Morgan fingerprint density at radius 2 is 1.87 bits per heavy atom. The normalized spacial score (nSPS) is 20.5. The molecule has 0 aliphatic carbocycles. The number of piperidine rings is 1. The van der Waals surface area contributed by atoms with E-state index in [0.717, 1.165) is 0 Å². The van der Waals surface area contributed by atoms with Gasteiger partial charge >= 0.3 is 12.3 Å². The van der Waals surface area contributed by atoms with Crippen LogP contribution in [-0.4, -0.2) is 41.0 Å². The molecule has 0 radical (unpaired) electrons. The third kappa shape index (κ3) is 6.02. The molecule has 11 heteroatoms. The van der Waals surface area contributed by atoms with Crippen molar-refractivity contribution in [3.63, 3.8) is 0 Å². The number of halogens is 6. The Morgan fingerprint density at radius 3 is 2.40 bits per heavy atom. The maximum absolute atomic E-state index is 14.1. The van der Waals surface area contributed by atoms with Crippen LogP contribution in [0, 0.1) is 5.82 Å². The first-order valence-corrected chi connectivity index (χ1v) is 9.13. The average molecular weight is 440 g/mol. The first-order valence-electron chi connectivity index (χ1n) is 9.13. The molecule has 2 atom stereocenters. The summed E-state index contributed by atoms with van der Waals surface area (Å²) >= 11 is 0. The van der Waals surface area contributed by atoms with E-state index in [2.05, 4.69) is 5.32 Å². The van der Waals surface area contributed by atoms with Gasteiger partial charge in [0.2, 0.25) is 5.91 Å². The third-order valence-electron chi connectivity index (χ3n) is 4.43. The molecule has 0 aromatic heterocycles. The highest BCUT2D eigenvalue weighted by Crippen LogP contribution is 2.32. The smallest absolute Gasteiger partial charge is 0.416 e. The molecule has 30 heavy (non-hydrogen) atoms. The van der Waals surface area contributed by atoms with Crippen LogP contribution >= 0.6 is 0 Å². The Balaban J connectivity index is 2.26. The van der Waals surface area contributed by atoms with Crippen LogP contribution in [0.3, 0.4) is 0 Å². The Bertz CT molecular complexity index is 791. The van der Waals surface area contributed by atoms with Crippen molar-refractivity contribution in [1.29, 1.82) is 0 Å². The van der Waals surface area contributed by atoms with Crippen LogP contribution in [0.1, 0.15) is 44.7 Å². The van der Waals surface area contributed by atoms with Crippen molar-refractivity contribution >= 4 is 12.0 Å². The Hall–Kier alpha value is -2.46. The van der Waals surface area contributed by atoms with E-state index in [0.29, 0.717) is 23.1 Å². The van der Waals surface area contributed by atoms with E-state index in [1.54, 1.807) is 20.8 Å². The summed E-state index contributed by atoms with van der Waals surface area (Å²) in [5, 5.41) is 2.28. The molecular weight excluding hydrogens is 418 g/mol. The maximum Gasteiger partial charge on any atom is 0.416 e. The number of carbonyl (C=O) groups excluding carboxylic acids is 2. The predicted molar refractivity (Wildman–Crippen MR) is 94.1 cm³/mol. The number of nitrogens with one attached hydrogen (secondary N) is 1. The molecule has 1 aromatic carbocycles. The number of nitrogens with zero attached hydrogens (tertiary/aromatic N) is 1. The summed E-state index contributed by atoms with van der Waals surface area (Å²) in [5.74, 6) is -2.01. The van der Waals surface area contributed by atoms with Gasteiger partial charge in [0, 0.05) is 12.1 Å². The van der Waals surface area contributed by atoms with Gasteiger partial charge in [-0.3, -0.25) is 4.79 Å². The van der Waals surface area contributed by atoms with E-state index in [-0.39, 0.29) is 12.8 Å². The number of hydrogen-bond acceptors (Lipinski definition) is 3. The quantitative estimate of drug-likeness (QED) is 0.702. The summed E-state index contributed by atoms with van der Waals surface area (Å²) < 4.78 is 84.8. The molecule has 0 saturated carbocycles. The number of likely N-dealkylation sites (tertiary alicyclic amines) is 1. The highest BCUT2D eigenvalue weighted by atomic mass is 19.4. The molecule has 1 aliphatic rings.